The van der Waals surface area contributed by atoms with Crippen molar-refractivity contribution in [2.24, 2.45) is 0 Å². The highest BCUT2D eigenvalue weighted by Crippen LogP contribution is 2.31. The first-order valence-corrected chi connectivity index (χ1v) is 6.70. The maximum absolute atomic E-state index is 12.9. The van der Waals surface area contributed by atoms with Gasteiger partial charge in [0.05, 0.1) is 31.7 Å². The number of ether oxygens (including phenoxy) is 1. The molecule has 0 radical (unpaired) electrons. The first-order chi connectivity index (χ1) is 10.7. The predicted molar refractivity (Wildman–Crippen MR) is 73.2 cm³/mol. The normalized spacial score (nSPS) is 14.5. The number of urea groups is 1. The van der Waals surface area contributed by atoms with Crippen molar-refractivity contribution < 1.29 is 32.3 Å². The number of nitrogens with one attached hydrogen (secondary N) is 2. The molecule has 0 bridgehead atoms. The molecule has 0 aliphatic carbocycles. The van der Waals surface area contributed by atoms with Crippen molar-refractivity contribution in [2.45, 2.75) is 32.2 Å². The monoisotopic (exact) mass is 337 g/mol. The number of halogens is 3. The van der Waals surface area contributed by atoms with E-state index >= 15 is 0 Å². The molecule has 130 valence electrons. The summed E-state index contributed by atoms with van der Waals surface area (Å²) in [6.45, 7) is 2.29. The number of rotatable bonds is 7. The molecule has 0 aliphatic rings. The highest BCUT2D eigenvalue weighted by Gasteiger charge is 2.52. The molecule has 0 aromatic carbocycles. The molecular weight excluding hydrogens is 319 g/mol. The summed E-state index contributed by atoms with van der Waals surface area (Å²) in [6, 6.07) is 0.670. The molecule has 23 heavy (non-hydrogen) atoms. The fourth-order valence-electron chi connectivity index (χ4n) is 1.46. The molecule has 1 heterocycles. The van der Waals surface area contributed by atoms with Gasteiger partial charge < -0.3 is 25.0 Å². The zero-order valence-electron chi connectivity index (χ0n) is 12.6. The third-order valence-electron chi connectivity index (χ3n) is 2.72. The van der Waals surface area contributed by atoms with Crippen LogP contribution in [0.1, 0.15) is 18.4 Å². The molecule has 0 spiro atoms. The number of hydrogen-bond acceptors (Lipinski definition) is 5. The Labute approximate surface area is 130 Å². The molecule has 10 heteroatoms. The SMILES string of the molecule is CCO/C=C/C(O)(CNC(=O)NCc1cc(C)no1)C(F)(F)F. The van der Waals surface area contributed by atoms with E-state index in [4.69, 9.17) is 4.52 Å². The number of hydrogen-bond donors (Lipinski definition) is 3. The van der Waals surface area contributed by atoms with Crippen molar-refractivity contribution in [3.63, 3.8) is 0 Å². The van der Waals surface area contributed by atoms with Crippen LogP contribution in [0.3, 0.4) is 0 Å². The van der Waals surface area contributed by atoms with Crippen molar-refractivity contribution in [3.8, 4) is 0 Å². The van der Waals surface area contributed by atoms with Crippen molar-refractivity contribution in [2.75, 3.05) is 13.2 Å². The van der Waals surface area contributed by atoms with E-state index in [2.05, 4.69) is 15.2 Å². The summed E-state index contributed by atoms with van der Waals surface area (Å²) in [4.78, 5) is 11.5. The number of nitrogens with zero attached hydrogens (tertiary/aromatic N) is 1. The second-order valence-electron chi connectivity index (χ2n) is 4.65. The minimum absolute atomic E-state index is 0.0497. The van der Waals surface area contributed by atoms with Gasteiger partial charge in [0.2, 0.25) is 0 Å². The van der Waals surface area contributed by atoms with Crippen molar-refractivity contribution in [3.05, 3.63) is 29.9 Å². The molecular formula is C13H18F3N3O4. The van der Waals surface area contributed by atoms with Gasteiger partial charge in [-0.25, -0.2) is 4.79 Å². The fraction of sp³-hybridized carbons (Fsp3) is 0.538. The summed E-state index contributed by atoms with van der Waals surface area (Å²) in [6.07, 6.45) is -3.79. The van der Waals surface area contributed by atoms with Gasteiger partial charge >= 0.3 is 12.2 Å². The van der Waals surface area contributed by atoms with E-state index in [1.54, 1.807) is 19.9 Å². The van der Waals surface area contributed by atoms with E-state index in [0.29, 0.717) is 17.5 Å². The molecule has 0 aliphatic heterocycles. The minimum atomic E-state index is -4.98. The lowest BCUT2D eigenvalue weighted by molar-refractivity contribution is -0.237. The summed E-state index contributed by atoms with van der Waals surface area (Å²) in [5.74, 6) is 0.347. The van der Waals surface area contributed by atoms with E-state index < -0.39 is 24.4 Å². The zero-order valence-corrected chi connectivity index (χ0v) is 12.6. The van der Waals surface area contributed by atoms with Gasteiger partial charge in [0.1, 0.15) is 0 Å². The van der Waals surface area contributed by atoms with Crippen LogP contribution in [-0.4, -0.2) is 41.2 Å². The van der Waals surface area contributed by atoms with E-state index in [1.165, 1.54) is 0 Å². The number of carbonyl (C=O) groups excluding carboxylic acids is 1. The lowest BCUT2D eigenvalue weighted by Gasteiger charge is -2.27. The highest BCUT2D eigenvalue weighted by atomic mass is 19.4. The zero-order chi connectivity index (χ0) is 17.5. The van der Waals surface area contributed by atoms with Crippen LogP contribution in [-0.2, 0) is 11.3 Å². The summed E-state index contributed by atoms with van der Waals surface area (Å²) < 4.78 is 48.1. The Morgan fingerprint density at radius 2 is 2.17 bits per heavy atom. The number of alkyl halides is 3. The quantitative estimate of drug-likeness (QED) is 0.657. The lowest BCUT2D eigenvalue weighted by Crippen LogP contribution is -2.53. The molecule has 0 fully saturated rings. The summed E-state index contributed by atoms with van der Waals surface area (Å²) >= 11 is 0. The van der Waals surface area contributed by atoms with Crippen LogP contribution in [0.2, 0.25) is 0 Å². The molecule has 1 unspecified atom stereocenters. The molecule has 0 saturated carbocycles. The Balaban J connectivity index is 2.54. The Hall–Kier alpha value is -2.23. The Morgan fingerprint density at radius 3 is 2.70 bits per heavy atom. The van der Waals surface area contributed by atoms with Gasteiger partial charge in [-0.05, 0) is 19.9 Å². The van der Waals surface area contributed by atoms with Gasteiger partial charge in [0, 0.05) is 6.07 Å². The average molecular weight is 337 g/mol. The second-order valence-corrected chi connectivity index (χ2v) is 4.65. The van der Waals surface area contributed by atoms with Crippen LogP contribution in [0.15, 0.2) is 22.9 Å². The standard InChI is InChI=1S/C13H18F3N3O4/c1-3-22-5-4-12(21,13(14,15)16)8-18-11(20)17-7-10-6-9(2)19-23-10/h4-6,21H,3,7-8H2,1-2H3,(H2,17,18,20)/b5-4+. The minimum Gasteiger partial charge on any atom is -0.502 e. The van der Waals surface area contributed by atoms with Gasteiger partial charge in [0.15, 0.2) is 11.4 Å². The molecule has 1 atom stereocenters. The number of aryl methyl sites for hydroxylation is 1. The lowest BCUT2D eigenvalue weighted by atomic mass is 10.0. The Kier molecular flexibility index (Phi) is 6.43. The summed E-state index contributed by atoms with van der Waals surface area (Å²) in [7, 11) is 0. The van der Waals surface area contributed by atoms with Crippen LogP contribution >= 0.6 is 0 Å². The third kappa shape index (κ3) is 5.81. The van der Waals surface area contributed by atoms with E-state index in [9.17, 15) is 23.1 Å². The number of carbonyl (C=O) groups is 1. The molecule has 3 N–H and O–H groups in total. The van der Waals surface area contributed by atoms with Crippen LogP contribution in [0.25, 0.3) is 0 Å². The van der Waals surface area contributed by atoms with Crippen LogP contribution in [0.5, 0.6) is 0 Å². The third-order valence-corrected chi connectivity index (χ3v) is 2.72. The largest absolute Gasteiger partial charge is 0.502 e. The molecule has 1 aromatic heterocycles. The molecule has 0 saturated heterocycles. The number of aliphatic hydroxyl groups is 1. The molecule has 1 aromatic rings. The number of amides is 2. The van der Waals surface area contributed by atoms with Crippen molar-refractivity contribution in [1.29, 1.82) is 0 Å². The van der Waals surface area contributed by atoms with Crippen molar-refractivity contribution in [1.82, 2.24) is 15.8 Å². The van der Waals surface area contributed by atoms with Gasteiger partial charge in [-0.1, -0.05) is 5.16 Å². The second kappa shape index (κ2) is 7.86. The van der Waals surface area contributed by atoms with Gasteiger partial charge in [0.25, 0.3) is 0 Å². The Morgan fingerprint density at radius 1 is 1.48 bits per heavy atom. The first-order valence-electron chi connectivity index (χ1n) is 6.70. The van der Waals surface area contributed by atoms with Crippen LogP contribution < -0.4 is 10.6 Å². The number of aromatic nitrogens is 1. The summed E-state index contributed by atoms with van der Waals surface area (Å²) in [5.41, 5.74) is -2.63. The Bertz CT molecular complexity index is 545. The maximum Gasteiger partial charge on any atom is 0.422 e. The molecule has 7 nitrogen and oxygen atoms in total. The first kappa shape index (κ1) is 18.8. The highest BCUT2D eigenvalue weighted by molar-refractivity contribution is 5.73. The van der Waals surface area contributed by atoms with E-state index in [0.717, 1.165) is 6.26 Å². The summed E-state index contributed by atoms with van der Waals surface area (Å²) in [5, 5.41) is 17.5. The van der Waals surface area contributed by atoms with Crippen LogP contribution in [0, 0.1) is 6.92 Å². The smallest absolute Gasteiger partial charge is 0.422 e. The molecule has 1 rings (SSSR count). The van der Waals surface area contributed by atoms with E-state index in [1.807, 2.05) is 5.32 Å². The topological polar surface area (TPSA) is 96.6 Å². The van der Waals surface area contributed by atoms with Gasteiger partial charge in [-0.3, -0.25) is 0 Å². The van der Waals surface area contributed by atoms with E-state index in [-0.39, 0.29) is 13.2 Å². The predicted octanol–water partition coefficient (Wildman–Crippen LogP) is 1.63. The fourth-order valence-corrected chi connectivity index (χ4v) is 1.46. The maximum atomic E-state index is 12.9. The van der Waals surface area contributed by atoms with Gasteiger partial charge in [-0.2, -0.15) is 13.2 Å². The van der Waals surface area contributed by atoms with Crippen LogP contribution in [0.4, 0.5) is 18.0 Å². The average Bonchev–Trinajstić information content (AvgIpc) is 2.88. The van der Waals surface area contributed by atoms with Crippen molar-refractivity contribution >= 4 is 6.03 Å². The van der Waals surface area contributed by atoms with Gasteiger partial charge in [-0.15, -0.1) is 0 Å². The molecule has 2 amide bonds.